The normalized spacial score (nSPS) is 11.1. The molecular formula is C13H9ClF2N2O4S. The number of pyridine rings is 1. The van der Waals surface area contributed by atoms with Crippen LogP contribution < -0.4 is 9.46 Å². The van der Waals surface area contributed by atoms with Crippen molar-refractivity contribution in [2.75, 3.05) is 6.26 Å². The number of hydrogen-bond donors (Lipinski definition) is 1. The lowest BCUT2D eigenvalue weighted by Crippen LogP contribution is -2.30. The monoisotopic (exact) mass is 362 g/mol. The molecule has 0 fully saturated rings. The molecule has 0 bridgehead atoms. The maximum absolute atomic E-state index is 13.9. The van der Waals surface area contributed by atoms with Gasteiger partial charge in [-0.25, -0.2) is 26.9 Å². The molecule has 0 unspecified atom stereocenters. The topological polar surface area (TPSA) is 85.4 Å². The summed E-state index contributed by atoms with van der Waals surface area (Å²) in [6.07, 6.45) is 2.02. The summed E-state index contributed by atoms with van der Waals surface area (Å²) in [5.74, 6) is -4.15. The molecule has 1 heterocycles. The lowest BCUT2D eigenvalue weighted by molar-refractivity contribution is 0.0977. The number of hydrogen-bond acceptors (Lipinski definition) is 5. The van der Waals surface area contributed by atoms with Gasteiger partial charge in [0.25, 0.3) is 5.91 Å². The zero-order chi connectivity index (χ0) is 17.2. The van der Waals surface area contributed by atoms with E-state index < -0.39 is 38.9 Å². The van der Waals surface area contributed by atoms with E-state index in [1.807, 2.05) is 0 Å². The standard InChI is InChI=1S/C13H9ClF2N2O4S/c1-23(20,21)18-13(19)8-5-10(16)11(6-9(8)15)22-12-4-7(14)2-3-17-12/h2-6H,1H3,(H,18,19). The van der Waals surface area contributed by atoms with Gasteiger partial charge in [0.05, 0.1) is 11.8 Å². The minimum absolute atomic E-state index is 0.0795. The molecule has 23 heavy (non-hydrogen) atoms. The van der Waals surface area contributed by atoms with E-state index in [-0.39, 0.29) is 10.9 Å². The van der Waals surface area contributed by atoms with Crippen LogP contribution in [0.25, 0.3) is 0 Å². The van der Waals surface area contributed by atoms with Crippen molar-refractivity contribution >= 4 is 27.5 Å². The molecule has 0 saturated heterocycles. The third-order valence-electron chi connectivity index (χ3n) is 2.46. The lowest BCUT2D eigenvalue weighted by atomic mass is 10.2. The second-order valence-corrected chi connectivity index (χ2v) is 6.57. The fourth-order valence-electron chi connectivity index (χ4n) is 1.56. The van der Waals surface area contributed by atoms with E-state index in [9.17, 15) is 22.0 Å². The van der Waals surface area contributed by atoms with Crippen molar-refractivity contribution in [1.29, 1.82) is 0 Å². The van der Waals surface area contributed by atoms with Crippen LogP contribution in [0.15, 0.2) is 30.5 Å². The average molecular weight is 363 g/mol. The Morgan fingerprint density at radius 2 is 1.96 bits per heavy atom. The molecule has 0 radical (unpaired) electrons. The number of benzene rings is 1. The van der Waals surface area contributed by atoms with Crippen molar-refractivity contribution in [3.8, 4) is 11.6 Å². The molecule has 1 amide bonds. The maximum Gasteiger partial charge on any atom is 0.267 e. The van der Waals surface area contributed by atoms with Crippen molar-refractivity contribution in [2.45, 2.75) is 0 Å². The Morgan fingerprint density at radius 1 is 1.26 bits per heavy atom. The molecule has 1 aromatic heterocycles. The Balaban J connectivity index is 2.32. The van der Waals surface area contributed by atoms with Gasteiger partial charge in [-0.15, -0.1) is 0 Å². The average Bonchev–Trinajstić information content (AvgIpc) is 2.40. The Kier molecular flexibility index (Phi) is 4.81. The summed E-state index contributed by atoms with van der Waals surface area (Å²) in [6, 6.07) is 3.87. The quantitative estimate of drug-likeness (QED) is 0.903. The van der Waals surface area contributed by atoms with E-state index >= 15 is 0 Å². The zero-order valence-electron chi connectivity index (χ0n) is 11.5. The first-order chi connectivity index (χ1) is 10.7. The Morgan fingerprint density at radius 3 is 2.57 bits per heavy atom. The van der Waals surface area contributed by atoms with Crippen LogP contribution in [0.3, 0.4) is 0 Å². The van der Waals surface area contributed by atoms with Gasteiger partial charge < -0.3 is 4.74 Å². The number of nitrogens with one attached hydrogen (secondary N) is 1. The molecule has 122 valence electrons. The highest BCUT2D eigenvalue weighted by atomic mass is 35.5. The smallest absolute Gasteiger partial charge is 0.267 e. The summed E-state index contributed by atoms with van der Waals surface area (Å²) in [7, 11) is -3.91. The minimum Gasteiger partial charge on any atom is -0.436 e. The summed E-state index contributed by atoms with van der Waals surface area (Å²) in [6.45, 7) is 0. The first-order valence-electron chi connectivity index (χ1n) is 5.96. The fourth-order valence-corrected chi connectivity index (χ4v) is 2.15. The van der Waals surface area contributed by atoms with Gasteiger partial charge in [-0.2, -0.15) is 0 Å². The first-order valence-corrected chi connectivity index (χ1v) is 8.23. The van der Waals surface area contributed by atoms with Gasteiger partial charge in [-0.05, 0) is 12.1 Å². The van der Waals surface area contributed by atoms with Crippen molar-refractivity contribution < 1.29 is 26.7 Å². The predicted molar refractivity (Wildman–Crippen MR) is 78.0 cm³/mol. The van der Waals surface area contributed by atoms with E-state index in [0.717, 1.165) is 0 Å². The Bertz CT molecular complexity index is 874. The second-order valence-electron chi connectivity index (χ2n) is 4.38. The number of amides is 1. The SMILES string of the molecule is CS(=O)(=O)NC(=O)c1cc(F)c(Oc2cc(Cl)ccn2)cc1F. The van der Waals surface area contributed by atoms with E-state index in [0.29, 0.717) is 18.4 Å². The van der Waals surface area contributed by atoms with Crippen molar-refractivity contribution in [1.82, 2.24) is 9.71 Å². The van der Waals surface area contributed by atoms with Gasteiger partial charge in [0.15, 0.2) is 11.6 Å². The summed E-state index contributed by atoms with van der Waals surface area (Å²) in [5.41, 5.74) is -0.778. The van der Waals surface area contributed by atoms with E-state index in [4.69, 9.17) is 16.3 Å². The molecule has 0 spiro atoms. The van der Waals surface area contributed by atoms with Crippen LogP contribution in [0.4, 0.5) is 8.78 Å². The molecule has 0 atom stereocenters. The van der Waals surface area contributed by atoms with Crippen LogP contribution in [0, 0.1) is 11.6 Å². The van der Waals surface area contributed by atoms with Gasteiger partial charge in [0, 0.05) is 23.4 Å². The molecule has 2 rings (SSSR count). The Labute approximate surface area is 135 Å². The first kappa shape index (κ1) is 17.1. The molecule has 2 aromatic rings. The molecule has 0 aliphatic carbocycles. The summed E-state index contributed by atoms with van der Waals surface area (Å²) in [4.78, 5) is 15.3. The lowest BCUT2D eigenvalue weighted by Gasteiger charge is -2.09. The van der Waals surface area contributed by atoms with Gasteiger partial charge in [-0.3, -0.25) is 4.79 Å². The molecular weight excluding hydrogens is 354 g/mol. The van der Waals surface area contributed by atoms with E-state index in [1.54, 1.807) is 0 Å². The number of halogens is 3. The number of carbonyl (C=O) groups excluding carboxylic acids is 1. The number of ether oxygens (including phenoxy) is 1. The molecule has 6 nitrogen and oxygen atoms in total. The third-order valence-corrected chi connectivity index (χ3v) is 3.25. The fraction of sp³-hybridized carbons (Fsp3) is 0.0769. The zero-order valence-corrected chi connectivity index (χ0v) is 13.1. The van der Waals surface area contributed by atoms with Gasteiger partial charge in [0.1, 0.15) is 5.82 Å². The summed E-state index contributed by atoms with van der Waals surface area (Å²) >= 11 is 5.71. The molecule has 0 saturated carbocycles. The van der Waals surface area contributed by atoms with Crippen LogP contribution in [-0.4, -0.2) is 25.6 Å². The number of nitrogens with zero attached hydrogens (tertiary/aromatic N) is 1. The van der Waals surface area contributed by atoms with Crippen LogP contribution in [0.1, 0.15) is 10.4 Å². The Hall–Kier alpha value is -2.26. The van der Waals surface area contributed by atoms with Gasteiger partial charge >= 0.3 is 0 Å². The molecule has 0 aliphatic heterocycles. The highest BCUT2D eigenvalue weighted by Crippen LogP contribution is 2.27. The summed E-state index contributed by atoms with van der Waals surface area (Å²) < 4.78 is 56.3. The highest BCUT2D eigenvalue weighted by molar-refractivity contribution is 7.89. The molecule has 0 aliphatic rings. The van der Waals surface area contributed by atoms with Gasteiger partial charge in [-0.1, -0.05) is 11.6 Å². The molecule has 1 N–H and O–H groups in total. The second kappa shape index (κ2) is 6.47. The molecule has 1 aromatic carbocycles. The van der Waals surface area contributed by atoms with E-state index in [1.165, 1.54) is 23.1 Å². The highest BCUT2D eigenvalue weighted by Gasteiger charge is 2.20. The van der Waals surface area contributed by atoms with Crippen LogP contribution >= 0.6 is 11.6 Å². The summed E-state index contributed by atoms with van der Waals surface area (Å²) in [5, 5.41) is 0.278. The largest absolute Gasteiger partial charge is 0.436 e. The minimum atomic E-state index is -3.91. The number of carbonyl (C=O) groups is 1. The van der Waals surface area contributed by atoms with Crippen molar-refractivity contribution in [3.05, 3.63) is 52.7 Å². The number of aromatic nitrogens is 1. The number of sulfonamides is 1. The maximum atomic E-state index is 13.9. The van der Waals surface area contributed by atoms with Crippen LogP contribution in [-0.2, 0) is 10.0 Å². The van der Waals surface area contributed by atoms with Crippen molar-refractivity contribution in [2.24, 2.45) is 0 Å². The number of rotatable bonds is 4. The molecule has 10 heteroatoms. The van der Waals surface area contributed by atoms with Crippen molar-refractivity contribution in [3.63, 3.8) is 0 Å². The third kappa shape index (κ3) is 4.60. The van der Waals surface area contributed by atoms with Crippen LogP contribution in [0.2, 0.25) is 5.02 Å². The van der Waals surface area contributed by atoms with E-state index in [2.05, 4.69) is 4.98 Å². The van der Waals surface area contributed by atoms with Crippen LogP contribution in [0.5, 0.6) is 11.6 Å². The predicted octanol–water partition coefficient (Wildman–Crippen LogP) is 2.49. The van der Waals surface area contributed by atoms with Gasteiger partial charge in [0.2, 0.25) is 15.9 Å².